The highest BCUT2D eigenvalue weighted by atomic mass is 16.7. The van der Waals surface area contributed by atoms with Gasteiger partial charge in [0.25, 0.3) is 11.5 Å². The van der Waals surface area contributed by atoms with E-state index in [1.165, 1.54) is 36.8 Å². The highest BCUT2D eigenvalue weighted by Gasteiger charge is 2.55. The van der Waals surface area contributed by atoms with Crippen molar-refractivity contribution in [2.24, 2.45) is 5.73 Å². The lowest BCUT2D eigenvalue weighted by Crippen LogP contribution is -2.59. The molecule has 3 aliphatic heterocycles. The molecule has 4 aliphatic rings. The molecule has 4 heterocycles. The van der Waals surface area contributed by atoms with Crippen LogP contribution in [0.3, 0.4) is 0 Å². The van der Waals surface area contributed by atoms with Crippen molar-refractivity contribution in [2.75, 3.05) is 32.5 Å². The van der Waals surface area contributed by atoms with Gasteiger partial charge >= 0.3 is 5.69 Å². The normalized spacial score (nSPS) is 32.8. The van der Waals surface area contributed by atoms with Crippen LogP contribution in [0.15, 0.2) is 57.9 Å². The number of carbonyl (C=O) groups is 2. The van der Waals surface area contributed by atoms with Crippen LogP contribution in [0.4, 0.5) is 5.69 Å². The van der Waals surface area contributed by atoms with Crippen molar-refractivity contribution in [1.82, 2.24) is 19.4 Å². The molecule has 8 N–H and O–H groups in total. The summed E-state index contributed by atoms with van der Waals surface area (Å²) in [7, 11) is 2.97. The second-order valence-corrected chi connectivity index (χ2v) is 13.6. The topological polar surface area (TPSA) is 242 Å². The maximum Gasteiger partial charge on any atom is 0.330 e. The number of H-pyrrole nitrogens is 1. The van der Waals surface area contributed by atoms with Crippen LogP contribution in [0.1, 0.15) is 49.8 Å². The fraction of sp³-hybridized carbons (Fsp3) is 0.588. The molecule has 1 aromatic heterocycles. The third-order valence-corrected chi connectivity index (χ3v) is 10.3. The van der Waals surface area contributed by atoms with Crippen LogP contribution in [0.2, 0.25) is 0 Å². The molecule has 1 saturated carbocycles. The van der Waals surface area contributed by atoms with E-state index in [1.54, 1.807) is 13.1 Å². The molecule has 1 aliphatic carbocycles. The Hall–Kier alpha value is -3.78. The second kappa shape index (κ2) is 15.4. The van der Waals surface area contributed by atoms with Crippen molar-refractivity contribution < 1.29 is 44.2 Å². The molecular weight excluding hydrogens is 668 g/mol. The number of ether oxygens (including phenoxy) is 3. The number of benzene rings is 1. The molecule has 51 heavy (non-hydrogen) atoms. The number of aromatic nitrogens is 2. The third-order valence-electron chi connectivity index (χ3n) is 10.3. The van der Waals surface area contributed by atoms with Gasteiger partial charge < -0.3 is 50.6 Å². The van der Waals surface area contributed by atoms with Crippen LogP contribution in [-0.2, 0) is 23.8 Å². The minimum absolute atomic E-state index is 0.0281. The van der Waals surface area contributed by atoms with E-state index in [1.807, 2.05) is 24.3 Å². The number of carbonyl (C=O) groups excluding carboxylic acids is 2. The first kappa shape index (κ1) is 37.0. The predicted molar refractivity (Wildman–Crippen MR) is 180 cm³/mol. The first-order chi connectivity index (χ1) is 24.4. The third kappa shape index (κ3) is 7.44. The van der Waals surface area contributed by atoms with Gasteiger partial charge in [-0.15, -0.1) is 0 Å². The summed E-state index contributed by atoms with van der Waals surface area (Å²) >= 11 is 0. The van der Waals surface area contributed by atoms with Gasteiger partial charge in [-0.25, -0.2) is 4.79 Å². The average Bonchev–Trinajstić information content (AvgIpc) is 3.52. The maximum absolute atomic E-state index is 14.3. The number of nitrogens with two attached hydrogens (primary N) is 1. The zero-order chi connectivity index (χ0) is 36.6. The summed E-state index contributed by atoms with van der Waals surface area (Å²) in [5, 5.41) is 46.5. The van der Waals surface area contributed by atoms with Gasteiger partial charge in [-0.3, -0.25) is 28.8 Å². The number of aromatic amines is 1. The van der Waals surface area contributed by atoms with Crippen molar-refractivity contribution in [1.29, 1.82) is 0 Å². The lowest BCUT2D eigenvalue weighted by Gasteiger charge is -2.38. The molecule has 6 rings (SSSR count). The van der Waals surface area contributed by atoms with Crippen LogP contribution in [0.5, 0.6) is 0 Å². The van der Waals surface area contributed by atoms with Crippen molar-refractivity contribution in [3.05, 3.63) is 74.7 Å². The standard InChI is InChI=1S/C34H46N6O11/c1-38-14-12-20(30(46)36-19-10-8-18(9-11-19)17-6-4-3-5-7-17)39(2)31(47)23(38)28(51-33-27(45)24(42)21(16-35)49-33)29-25(43)26(44)32(50-29)40-15-13-22(41)37-34(40)48/h8-13,15,17,21,23-29,32-33,42-45H,3-7,14,16,35H2,1-2H3,(H,36,46)(H,37,41,48)/t21-,23+,24-,25+,26-,27-,28+,29+,32-,33+/m1/s1. The molecule has 17 nitrogen and oxygen atoms in total. The molecule has 0 radical (unpaired) electrons. The molecular formula is C34H46N6O11. The number of amides is 2. The molecule has 3 fully saturated rings. The average molecular weight is 715 g/mol. The van der Waals surface area contributed by atoms with E-state index < -0.39 is 84.4 Å². The Labute approximate surface area is 293 Å². The van der Waals surface area contributed by atoms with E-state index in [0.717, 1.165) is 34.6 Å². The van der Waals surface area contributed by atoms with Crippen LogP contribution in [0, 0.1) is 0 Å². The molecule has 0 unspecified atom stereocenters. The summed E-state index contributed by atoms with van der Waals surface area (Å²) in [5.41, 5.74) is 5.88. The Morgan fingerprint density at radius 2 is 1.69 bits per heavy atom. The number of aliphatic hydroxyl groups excluding tert-OH is 4. The van der Waals surface area contributed by atoms with Gasteiger partial charge in [-0.2, -0.15) is 0 Å². The first-order valence-electron chi connectivity index (χ1n) is 17.2. The number of likely N-dealkylation sites (N-methyl/N-ethyl adjacent to an activating group) is 2. The Morgan fingerprint density at radius 3 is 2.33 bits per heavy atom. The molecule has 2 saturated heterocycles. The quantitative estimate of drug-likeness (QED) is 0.153. The summed E-state index contributed by atoms with van der Waals surface area (Å²) in [6.45, 7) is -0.141. The summed E-state index contributed by atoms with van der Waals surface area (Å²) in [4.78, 5) is 56.9. The monoisotopic (exact) mass is 714 g/mol. The predicted octanol–water partition coefficient (Wildman–Crippen LogP) is -1.71. The van der Waals surface area contributed by atoms with Gasteiger partial charge in [0, 0.05) is 38.1 Å². The Morgan fingerprint density at radius 1 is 0.980 bits per heavy atom. The van der Waals surface area contributed by atoms with Gasteiger partial charge in [0.1, 0.15) is 54.5 Å². The van der Waals surface area contributed by atoms with E-state index >= 15 is 0 Å². The van der Waals surface area contributed by atoms with Crippen molar-refractivity contribution in [2.45, 2.75) is 99.3 Å². The summed E-state index contributed by atoms with van der Waals surface area (Å²) in [6.07, 6.45) is -5.18. The van der Waals surface area contributed by atoms with Gasteiger partial charge in [-0.1, -0.05) is 31.4 Å². The minimum atomic E-state index is -1.77. The molecule has 1 aromatic carbocycles. The van der Waals surface area contributed by atoms with E-state index in [-0.39, 0.29) is 18.8 Å². The highest BCUT2D eigenvalue weighted by molar-refractivity contribution is 6.06. The zero-order valence-electron chi connectivity index (χ0n) is 28.4. The van der Waals surface area contributed by atoms with Gasteiger partial charge in [0.2, 0.25) is 5.91 Å². The smallest absolute Gasteiger partial charge is 0.330 e. The van der Waals surface area contributed by atoms with Crippen LogP contribution >= 0.6 is 0 Å². The van der Waals surface area contributed by atoms with E-state index in [0.29, 0.717) is 11.6 Å². The van der Waals surface area contributed by atoms with Crippen molar-refractivity contribution in [3.63, 3.8) is 0 Å². The fourth-order valence-corrected chi connectivity index (χ4v) is 7.42. The number of nitrogens with one attached hydrogen (secondary N) is 2. The molecule has 17 heteroatoms. The SMILES string of the molecule is CN1C(=O)[C@H]([C@H](O[C@@H]2O[C@H](CN)[C@@H](O)[C@H]2O)[C@H]2O[C@@H](n3ccc(=O)[nH]c3=O)[C@H](O)[C@@H]2O)N(C)CC=C1C(=O)Nc1ccc(C2CCCCC2)cc1. The Balaban J connectivity index is 1.26. The lowest BCUT2D eigenvalue weighted by molar-refractivity contribution is -0.232. The Kier molecular flexibility index (Phi) is 11.2. The summed E-state index contributed by atoms with van der Waals surface area (Å²) < 4.78 is 18.7. The lowest BCUT2D eigenvalue weighted by atomic mass is 9.84. The molecule has 2 aromatic rings. The van der Waals surface area contributed by atoms with Gasteiger partial charge in [-0.05, 0) is 49.6 Å². The Bertz CT molecular complexity index is 1710. The van der Waals surface area contributed by atoms with E-state index in [4.69, 9.17) is 19.9 Å². The summed E-state index contributed by atoms with van der Waals surface area (Å²) in [5.74, 6) is -0.722. The number of hydrogen-bond acceptors (Lipinski definition) is 13. The fourth-order valence-electron chi connectivity index (χ4n) is 7.42. The zero-order valence-corrected chi connectivity index (χ0v) is 28.4. The van der Waals surface area contributed by atoms with Gasteiger partial charge in [0.15, 0.2) is 12.5 Å². The van der Waals surface area contributed by atoms with Crippen molar-refractivity contribution in [3.8, 4) is 0 Å². The molecule has 278 valence electrons. The maximum atomic E-state index is 14.3. The number of nitrogens with zero attached hydrogens (tertiary/aromatic N) is 3. The molecule has 2 amide bonds. The van der Waals surface area contributed by atoms with Crippen LogP contribution in [0.25, 0.3) is 0 Å². The van der Waals surface area contributed by atoms with Crippen molar-refractivity contribution >= 4 is 17.5 Å². The summed E-state index contributed by atoms with van der Waals surface area (Å²) in [6, 6.07) is 7.38. The number of rotatable bonds is 9. The van der Waals surface area contributed by atoms with Crippen LogP contribution in [-0.4, -0.2) is 134 Å². The number of aliphatic hydroxyl groups is 4. The highest BCUT2D eigenvalue weighted by Crippen LogP contribution is 2.37. The largest absolute Gasteiger partial charge is 0.387 e. The van der Waals surface area contributed by atoms with E-state index in [9.17, 15) is 39.6 Å². The van der Waals surface area contributed by atoms with Gasteiger partial charge in [0.05, 0.1) is 0 Å². The van der Waals surface area contributed by atoms with E-state index in [2.05, 4.69) is 10.3 Å². The second-order valence-electron chi connectivity index (χ2n) is 13.6. The molecule has 10 atom stereocenters. The molecule has 0 bridgehead atoms. The molecule has 0 spiro atoms. The van der Waals surface area contributed by atoms with Crippen LogP contribution < -0.4 is 22.3 Å². The first-order valence-corrected chi connectivity index (χ1v) is 17.2. The number of anilines is 1. The number of hydrogen-bond donors (Lipinski definition) is 7. The minimum Gasteiger partial charge on any atom is -0.387 e.